The number of aromatic nitrogens is 1. The second kappa shape index (κ2) is 7.84. The van der Waals surface area contributed by atoms with Crippen LogP contribution in [0.2, 0.25) is 5.02 Å². The zero-order valence-corrected chi connectivity index (χ0v) is 18.3. The first-order chi connectivity index (χ1) is 14.0. The molecule has 29 heavy (non-hydrogen) atoms. The van der Waals surface area contributed by atoms with Crippen LogP contribution in [0.25, 0.3) is 10.2 Å². The van der Waals surface area contributed by atoms with E-state index in [4.69, 9.17) is 21.1 Å². The van der Waals surface area contributed by atoms with Crippen LogP contribution in [0.4, 0.5) is 0 Å². The molecule has 0 bridgehead atoms. The number of amides is 1. The van der Waals surface area contributed by atoms with Crippen LogP contribution in [0.3, 0.4) is 0 Å². The second-order valence-electron chi connectivity index (χ2n) is 7.33. The van der Waals surface area contributed by atoms with Crippen molar-refractivity contribution in [3.63, 3.8) is 0 Å². The smallest absolute Gasteiger partial charge is 0.258 e. The largest absolute Gasteiger partial charge is 0.493 e. The molecule has 0 aliphatic heterocycles. The van der Waals surface area contributed by atoms with E-state index in [0.29, 0.717) is 21.3 Å². The van der Waals surface area contributed by atoms with Crippen LogP contribution in [0.1, 0.15) is 31.2 Å². The first-order valence-corrected chi connectivity index (χ1v) is 10.7. The van der Waals surface area contributed by atoms with Crippen molar-refractivity contribution in [3.8, 4) is 11.5 Å². The van der Waals surface area contributed by atoms with Crippen molar-refractivity contribution in [3.05, 3.63) is 51.8 Å². The highest BCUT2D eigenvalue weighted by atomic mass is 35.5. The van der Waals surface area contributed by atoms with E-state index in [2.05, 4.69) is 4.99 Å². The number of fused-ring (bicyclic) bond motifs is 1. The number of hydrogen-bond acceptors (Lipinski definition) is 4. The van der Waals surface area contributed by atoms with Crippen molar-refractivity contribution in [2.75, 3.05) is 14.2 Å². The third kappa shape index (κ3) is 3.45. The molecule has 1 fully saturated rings. The average Bonchev–Trinajstić information content (AvgIpc) is 3.34. The van der Waals surface area contributed by atoms with Crippen molar-refractivity contribution in [1.29, 1.82) is 0 Å². The molecular weight excluding hydrogens is 408 g/mol. The predicted molar refractivity (Wildman–Crippen MR) is 116 cm³/mol. The van der Waals surface area contributed by atoms with Gasteiger partial charge in [0.25, 0.3) is 5.91 Å². The first-order valence-electron chi connectivity index (χ1n) is 9.55. The summed E-state index contributed by atoms with van der Waals surface area (Å²) in [5, 5.41) is 0.671. The van der Waals surface area contributed by atoms with Gasteiger partial charge in [0, 0.05) is 24.2 Å². The normalized spacial score (nSPS) is 16.3. The fourth-order valence-corrected chi connectivity index (χ4v) is 5.28. The fourth-order valence-electron chi connectivity index (χ4n) is 4.13. The highest BCUT2D eigenvalue weighted by Crippen LogP contribution is 2.42. The van der Waals surface area contributed by atoms with Crippen LogP contribution in [0, 0.1) is 0 Å². The summed E-state index contributed by atoms with van der Waals surface area (Å²) in [4.78, 5) is 18.7. The van der Waals surface area contributed by atoms with E-state index in [0.717, 1.165) is 41.5 Å². The molecule has 1 aliphatic carbocycles. The van der Waals surface area contributed by atoms with Gasteiger partial charge >= 0.3 is 0 Å². The van der Waals surface area contributed by atoms with Gasteiger partial charge in [0.15, 0.2) is 16.3 Å². The molecule has 1 aliphatic rings. The van der Waals surface area contributed by atoms with Gasteiger partial charge in [-0.3, -0.25) is 4.79 Å². The minimum Gasteiger partial charge on any atom is -0.493 e. The summed E-state index contributed by atoms with van der Waals surface area (Å²) in [5.74, 6) is 1.23. The lowest BCUT2D eigenvalue weighted by Gasteiger charge is -2.25. The number of aryl methyl sites for hydroxylation is 1. The van der Waals surface area contributed by atoms with E-state index < -0.39 is 5.41 Å². The van der Waals surface area contributed by atoms with Crippen molar-refractivity contribution in [2.45, 2.75) is 31.1 Å². The van der Waals surface area contributed by atoms with E-state index in [-0.39, 0.29) is 5.91 Å². The Morgan fingerprint density at radius 3 is 2.34 bits per heavy atom. The Labute approximate surface area is 178 Å². The van der Waals surface area contributed by atoms with E-state index >= 15 is 0 Å². The lowest BCUT2D eigenvalue weighted by Crippen LogP contribution is -2.33. The Kier molecular flexibility index (Phi) is 5.40. The quantitative estimate of drug-likeness (QED) is 0.594. The standard InChI is InChI=1S/C22H23ClN2O3S/c1-25-16-12-17(27-2)18(28-3)13-19(16)29-21(25)24-20(26)22(10-4-5-11-22)14-6-8-15(23)9-7-14/h6-9,12-13H,4-5,10-11H2,1-3H3. The Morgan fingerprint density at radius 2 is 1.72 bits per heavy atom. The minimum absolute atomic E-state index is 0.0848. The maximum atomic E-state index is 13.4. The Morgan fingerprint density at radius 1 is 1.10 bits per heavy atom. The molecule has 0 saturated heterocycles. The molecule has 152 valence electrons. The number of thiazole rings is 1. The molecule has 7 heteroatoms. The molecule has 1 heterocycles. The van der Waals surface area contributed by atoms with Gasteiger partial charge in [0.2, 0.25) is 0 Å². The molecule has 3 aromatic rings. The monoisotopic (exact) mass is 430 g/mol. The maximum absolute atomic E-state index is 13.4. The van der Waals surface area contributed by atoms with Gasteiger partial charge in [0.05, 0.1) is 29.9 Å². The van der Waals surface area contributed by atoms with Crippen LogP contribution in [-0.2, 0) is 17.3 Å². The molecule has 4 rings (SSSR count). The lowest BCUT2D eigenvalue weighted by molar-refractivity contribution is -0.123. The molecule has 1 aromatic heterocycles. The molecule has 0 spiro atoms. The van der Waals surface area contributed by atoms with Crippen molar-refractivity contribution < 1.29 is 14.3 Å². The summed E-state index contributed by atoms with van der Waals surface area (Å²) in [5.41, 5.74) is 1.38. The van der Waals surface area contributed by atoms with Crippen molar-refractivity contribution in [1.82, 2.24) is 4.57 Å². The van der Waals surface area contributed by atoms with Crippen molar-refractivity contribution >= 4 is 39.1 Å². The SMILES string of the molecule is COc1cc2sc(=NC(=O)C3(c4ccc(Cl)cc4)CCCC3)n(C)c2cc1OC. The number of benzene rings is 2. The molecule has 1 amide bonds. The van der Waals surface area contributed by atoms with Gasteiger partial charge in [-0.25, -0.2) is 0 Å². The third-order valence-corrected chi connectivity index (χ3v) is 7.12. The van der Waals surface area contributed by atoms with Gasteiger partial charge in [0.1, 0.15) is 0 Å². The first kappa shape index (κ1) is 20.0. The van der Waals surface area contributed by atoms with Gasteiger partial charge in [-0.1, -0.05) is 47.9 Å². The maximum Gasteiger partial charge on any atom is 0.258 e. The highest BCUT2D eigenvalue weighted by Gasteiger charge is 2.42. The summed E-state index contributed by atoms with van der Waals surface area (Å²) in [7, 11) is 5.14. The Balaban J connectivity index is 1.82. The van der Waals surface area contributed by atoms with E-state index in [1.807, 2.05) is 48.0 Å². The number of halogens is 1. The molecule has 0 unspecified atom stereocenters. The fraction of sp³-hybridized carbons (Fsp3) is 0.364. The molecule has 2 aromatic carbocycles. The third-order valence-electron chi connectivity index (χ3n) is 5.78. The van der Waals surface area contributed by atoms with Gasteiger partial charge in [-0.2, -0.15) is 4.99 Å². The van der Waals surface area contributed by atoms with Crippen LogP contribution >= 0.6 is 22.9 Å². The summed E-state index contributed by atoms with van der Waals surface area (Å²) in [6.07, 6.45) is 3.67. The zero-order valence-electron chi connectivity index (χ0n) is 16.7. The summed E-state index contributed by atoms with van der Waals surface area (Å²) in [6.45, 7) is 0. The molecule has 1 saturated carbocycles. The Bertz CT molecular complexity index is 1130. The summed E-state index contributed by atoms with van der Waals surface area (Å²) >= 11 is 7.53. The highest BCUT2D eigenvalue weighted by molar-refractivity contribution is 7.16. The molecule has 0 atom stereocenters. The topological polar surface area (TPSA) is 52.8 Å². The van der Waals surface area contributed by atoms with Crippen LogP contribution < -0.4 is 14.3 Å². The van der Waals surface area contributed by atoms with Gasteiger partial charge in [-0.15, -0.1) is 0 Å². The van der Waals surface area contributed by atoms with Crippen LogP contribution in [0.15, 0.2) is 41.4 Å². The lowest BCUT2D eigenvalue weighted by atomic mass is 9.78. The molecule has 0 radical (unpaired) electrons. The van der Waals surface area contributed by atoms with Crippen LogP contribution in [-0.4, -0.2) is 24.7 Å². The summed E-state index contributed by atoms with van der Waals surface area (Å²) in [6, 6.07) is 11.5. The number of hydrogen-bond donors (Lipinski definition) is 0. The average molecular weight is 431 g/mol. The molecule has 5 nitrogen and oxygen atoms in total. The van der Waals surface area contributed by atoms with Gasteiger partial charge in [-0.05, 0) is 30.5 Å². The second-order valence-corrected chi connectivity index (χ2v) is 8.78. The van der Waals surface area contributed by atoms with E-state index in [9.17, 15) is 4.79 Å². The molecular formula is C22H23ClN2O3S. The number of nitrogens with zero attached hydrogens (tertiary/aromatic N) is 2. The number of methoxy groups -OCH3 is 2. The Hall–Kier alpha value is -2.31. The number of carbonyl (C=O) groups excluding carboxylic acids is 1. The summed E-state index contributed by atoms with van der Waals surface area (Å²) < 4.78 is 13.7. The minimum atomic E-state index is -0.566. The van der Waals surface area contributed by atoms with Crippen molar-refractivity contribution in [2.24, 2.45) is 12.0 Å². The van der Waals surface area contributed by atoms with E-state index in [1.54, 1.807) is 14.2 Å². The number of carbonyl (C=O) groups is 1. The zero-order chi connectivity index (χ0) is 20.6. The predicted octanol–water partition coefficient (Wildman–Crippen LogP) is 4.85. The van der Waals surface area contributed by atoms with Crippen LogP contribution in [0.5, 0.6) is 11.5 Å². The number of rotatable bonds is 4. The number of ether oxygens (including phenoxy) is 2. The van der Waals surface area contributed by atoms with Gasteiger partial charge < -0.3 is 14.0 Å². The van der Waals surface area contributed by atoms with E-state index in [1.165, 1.54) is 11.3 Å². The molecule has 0 N–H and O–H groups in total.